The van der Waals surface area contributed by atoms with Crippen LogP contribution in [-0.2, 0) is 0 Å². The Balaban J connectivity index is 1.00. The maximum atomic E-state index is 2.62. The van der Waals surface area contributed by atoms with Crippen molar-refractivity contribution in [2.75, 3.05) is 9.80 Å². The number of anilines is 5. The van der Waals surface area contributed by atoms with Crippen LogP contribution in [0.3, 0.4) is 0 Å². The first-order valence-electron chi connectivity index (χ1n) is 29.3. The summed E-state index contributed by atoms with van der Waals surface area (Å²) in [5.74, 6) is 0. The maximum Gasteiger partial charge on any atom is 0.0566 e. The highest BCUT2D eigenvalue weighted by Crippen LogP contribution is 2.51. The van der Waals surface area contributed by atoms with Gasteiger partial charge in [0.25, 0.3) is 0 Å². The monoisotopic (exact) mass is 1070 g/mol. The summed E-state index contributed by atoms with van der Waals surface area (Å²) in [7, 11) is 0. The van der Waals surface area contributed by atoms with Gasteiger partial charge < -0.3 is 9.80 Å². The number of rotatable bonds is 8. The smallest absolute Gasteiger partial charge is 0.0566 e. The zero-order valence-corrected chi connectivity index (χ0v) is 46.1. The van der Waals surface area contributed by atoms with E-state index < -0.39 is 0 Å². The minimum atomic E-state index is 0.0486. The average Bonchev–Trinajstić information content (AvgIpc) is 1.07. The van der Waals surface area contributed by atoms with Crippen molar-refractivity contribution in [2.24, 2.45) is 0 Å². The molecule has 1 aliphatic rings. The van der Waals surface area contributed by atoms with E-state index in [4.69, 9.17) is 0 Å². The van der Waals surface area contributed by atoms with Gasteiger partial charge >= 0.3 is 0 Å². The fraction of sp³-hybridized carbons (Fsp3) is 0.0244. The first kappa shape index (κ1) is 48.0. The van der Waals surface area contributed by atoms with E-state index in [1.807, 2.05) is 0 Å². The molecule has 0 amide bonds. The molecule has 0 radical (unpaired) electrons. The van der Waals surface area contributed by atoms with Gasteiger partial charge in [-0.1, -0.05) is 255 Å². The third-order valence-corrected chi connectivity index (χ3v) is 18.0. The van der Waals surface area contributed by atoms with Crippen molar-refractivity contribution < 1.29 is 0 Å². The molecule has 392 valence electrons. The second-order valence-corrected chi connectivity index (χ2v) is 22.7. The minimum absolute atomic E-state index is 0.0486. The highest BCUT2D eigenvalue weighted by atomic mass is 15.2. The van der Waals surface area contributed by atoms with E-state index in [1.54, 1.807) is 0 Å². The van der Waals surface area contributed by atoms with Gasteiger partial charge in [-0.3, -0.25) is 0 Å². The normalized spacial score (nSPS) is 13.3. The van der Waals surface area contributed by atoms with Crippen LogP contribution in [0.25, 0.3) is 131 Å². The molecule has 17 rings (SSSR count). The van der Waals surface area contributed by atoms with E-state index in [1.165, 1.54) is 135 Å². The molecule has 0 fully saturated rings. The summed E-state index contributed by atoms with van der Waals surface area (Å²) in [4.78, 5) is 5.12. The number of benzene rings is 16. The van der Waals surface area contributed by atoms with Crippen molar-refractivity contribution in [3.05, 3.63) is 308 Å². The van der Waals surface area contributed by atoms with Gasteiger partial charge in [0.1, 0.15) is 0 Å². The Morgan fingerprint density at radius 3 is 1.17 bits per heavy atom. The fourth-order valence-electron chi connectivity index (χ4n) is 14.1. The number of hydrogen-bond donors (Lipinski definition) is 0. The van der Waals surface area contributed by atoms with Crippen molar-refractivity contribution in [3.8, 4) is 22.3 Å². The summed E-state index contributed by atoms with van der Waals surface area (Å²) in [6, 6.07) is 111. The summed E-state index contributed by atoms with van der Waals surface area (Å²) in [5.41, 5.74) is 10.4. The predicted molar refractivity (Wildman–Crippen MR) is 361 cm³/mol. The Morgan fingerprint density at radius 2 is 0.631 bits per heavy atom. The van der Waals surface area contributed by atoms with Crippen LogP contribution in [-0.4, -0.2) is 6.04 Å². The molecule has 1 unspecified atom stereocenters. The second kappa shape index (κ2) is 19.4. The van der Waals surface area contributed by atoms with Crippen molar-refractivity contribution >= 4 is 138 Å². The summed E-state index contributed by atoms with van der Waals surface area (Å²) < 4.78 is 0. The lowest BCUT2D eigenvalue weighted by Gasteiger charge is -2.34. The van der Waals surface area contributed by atoms with Gasteiger partial charge in [0.2, 0.25) is 0 Å². The van der Waals surface area contributed by atoms with Crippen molar-refractivity contribution in [1.82, 2.24) is 0 Å². The van der Waals surface area contributed by atoms with Gasteiger partial charge in [-0.25, -0.2) is 0 Å². The van der Waals surface area contributed by atoms with Gasteiger partial charge in [0.15, 0.2) is 0 Å². The average molecular weight is 1070 g/mol. The SMILES string of the molecule is C1=c2ccccc2=CC(N(c2ccc3c(-c4ccc5c(ccc6ccccc65)c4)c4cc(N(c5cccc6ccccc56)c5cccc6ccccc56)ccc4c(-c4ccc5c(ccc6ccccc65)c4)c3c2)c2cccc3ccccc23)C1. The number of nitrogens with zero attached hydrogens (tertiary/aromatic N) is 2. The Hall–Kier alpha value is -10.8. The lowest BCUT2D eigenvalue weighted by Crippen LogP contribution is -2.37. The molecular formula is C82H54N2. The van der Waals surface area contributed by atoms with Gasteiger partial charge in [-0.2, -0.15) is 0 Å². The molecule has 1 atom stereocenters. The second-order valence-electron chi connectivity index (χ2n) is 22.7. The molecule has 0 saturated heterocycles. The molecular weight excluding hydrogens is 1010 g/mol. The summed E-state index contributed by atoms with van der Waals surface area (Å²) in [5, 5.41) is 24.5. The molecule has 0 bridgehead atoms. The van der Waals surface area contributed by atoms with Crippen LogP contribution < -0.4 is 20.2 Å². The van der Waals surface area contributed by atoms with E-state index in [0.717, 1.165) is 29.2 Å². The van der Waals surface area contributed by atoms with Crippen LogP contribution in [0.4, 0.5) is 28.4 Å². The first-order valence-corrected chi connectivity index (χ1v) is 29.3. The molecule has 1 aliphatic carbocycles. The van der Waals surface area contributed by atoms with Crippen LogP contribution >= 0.6 is 0 Å². The Labute approximate surface area is 487 Å². The van der Waals surface area contributed by atoms with Crippen LogP contribution in [0.15, 0.2) is 297 Å². The largest absolute Gasteiger partial charge is 0.334 e. The molecule has 0 aromatic heterocycles. The van der Waals surface area contributed by atoms with E-state index >= 15 is 0 Å². The summed E-state index contributed by atoms with van der Waals surface area (Å²) >= 11 is 0. The lowest BCUT2D eigenvalue weighted by molar-refractivity contribution is 0.840. The van der Waals surface area contributed by atoms with Gasteiger partial charge in [0, 0.05) is 33.2 Å². The quantitative estimate of drug-likeness (QED) is 0.111. The number of fused-ring (bicyclic) bond motifs is 12. The molecule has 0 saturated carbocycles. The van der Waals surface area contributed by atoms with Gasteiger partial charge in [-0.15, -0.1) is 0 Å². The van der Waals surface area contributed by atoms with Crippen LogP contribution in [0, 0.1) is 0 Å². The highest BCUT2D eigenvalue weighted by Gasteiger charge is 2.26. The molecule has 0 N–H and O–H groups in total. The van der Waals surface area contributed by atoms with E-state index in [2.05, 4.69) is 319 Å². The molecule has 2 heteroatoms. The molecule has 16 aromatic rings. The Morgan fingerprint density at radius 1 is 0.250 bits per heavy atom. The van der Waals surface area contributed by atoms with E-state index in [0.29, 0.717) is 0 Å². The molecule has 0 aliphatic heterocycles. The third-order valence-electron chi connectivity index (χ3n) is 18.0. The van der Waals surface area contributed by atoms with Crippen LogP contribution in [0.2, 0.25) is 0 Å². The molecule has 0 spiro atoms. The number of hydrogen-bond acceptors (Lipinski definition) is 2. The molecule has 16 aromatic carbocycles. The van der Waals surface area contributed by atoms with Gasteiger partial charge in [0.05, 0.1) is 17.4 Å². The molecule has 2 nitrogen and oxygen atoms in total. The highest BCUT2D eigenvalue weighted by molar-refractivity contribution is 6.24. The first-order chi connectivity index (χ1) is 41.6. The molecule has 84 heavy (non-hydrogen) atoms. The molecule has 0 heterocycles. The zero-order valence-electron chi connectivity index (χ0n) is 46.1. The zero-order chi connectivity index (χ0) is 55.2. The standard InChI is InChI=1S/C82H54N2/c1-2-22-59-50-64(41-38-53(59)16-1)83(78-31-13-23-54-17-5-10-28-71(54)78)65-42-46-74-76(51-65)81(62-39-44-69-60(48-62)36-34-57-20-3-8-26-67(57)69)75-47-43-66(52-77(75)82(74)63-40-45-70-61(49-63)37-35-58-21-4-9-27-68(58)70)84(79-32-14-24-55-18-6-11-29-72(55)79)80-33-15-25-56-19-7-12-30-73(56)80/h1-40,42-52,64H,41H2. The van der Waals surface area contributed by atoms with Gasteiger partial charge in [-0.05, 0) is 175 Å². The Kier molecular flexibility index (Phi) is 11.1. The van der Waals surface area contributed by atoms with E-state index in [9.17, 15) is 0 Å². The fourth-order valence-corrected chi connectivity index (χ4v) is 14.1. The lowest BCUT2D eigenvalue weighted by atomic mass is 9.84. The summed E-state index contributed by atoms with van der Waals surface area (Å²) in [6.07, 6.45) is 5.78. The van der Waals surface area contributed by atoms with Crippen LogP contribution in [0.5, 0.6) is 0 Å². The Bertz CT molecular complexity index is 5430. The minimum Gasteiger partial charge on any atom is -0.334 e. The maximum absolute atomic E-state index is 2.62. The van der Waals surface area contributed by atoms with Crippen LogP contribution in [0.1, 0.15) is 6.42 Å². The third kappa shape index (κ3) is 7.79. The predicted octanol–water partition coefficient (Wildman–Crippen LogP) is 21.0. The topological polar surface area (TPSA) is 6.48 Å². The van der Waals surface area contributed by atoms with Crippen molar-refractivity contribution in [1.29, 1.82) is 0 Å². The summed E-state index contributed by atoms with van der Waals surface area (Å²) in [6.45, 7) is 0. The van der Waals surface area contributed by atoms with Crippen molar-refractivity contribution in [2.45, 2.75) is 12.5 Å². The van der Waals surface area contributed by atoms with Crippen molar-refractivity contribution in [3.63, 3.8) is 0 Å². The van der Waals surface area contributed by atoms with E-state index in [-0.39, 0.29) is 6.04 Å².